The van der Waals surface area contributed by atoms with E-state index in [1.807, 2.05) is 0 Å². The number of primary amides is 1. The summed E-state index contributed by atoms with van der Waals surface area (Å²) in [6, 6.07) is 5.02. The average molecular weight is 386 g/mol. The van der Waals surface area contributed by atoms with Gasteiger partial charge in [0, 0.05) is 17.1 Å². The van der Waals surface area contributed by atoms with Gasteiger partial charge in [0.1, 0.15) is 17.1 Å². The molecule has 3 aliphatic carbocycles. The molecule has 9 nitrogen and oxygen atoms in total. The first-order valence-electron chi connectivity index (χ1n) is 8.62. The summed E-state index contributed by atoms with van der Waals surface area (Å²) >= 11 is 0. The number of aliphatic hydroxyl groups is 4. The summed E-state index contributed by atoms with van der Waals surface area (Å²) in [5.41, 5.74) is 7.86. The fourth-order valence-corrected chi connectivity index (χ4v) is 4.62. The first kappa shape index (κ1) is 18.4. The molecule has 8 N–H and O–H groups in total. The van der Waals surface area contributed by atoms with Crippen LogP contribution < -0.4 is 11.5 Å². The molecule has 1 aromatic rings. The first-order chi connectivity index (χ1) is 13.1. The molecule has 0 saturated heterocycles. The van der Waals surface area contributed by atoms with Gasteiger partial charge in [-0.2, -0.15) is 0 Å². The third-order valence-electron chi connectivity index (χ3n) is 5.97. The van der Waals surface area contributed by atoms with Crippen molar-refractivity contribution in [2.45, 2.75) is 24.2 Å². The van der Waals surface area contributed by atoms with E-state index in [1.165, 1.54) is 0 Å². The largest absolute Gasteiger partial charge is 0.508 e. The van der Waals surface area contributed by atoms with Gasteiger partial charge in [-0.15, -0.1) is 0 Å². The molecule has 1 saturated carbocycles. The Labute approximate surface area is 158 Å². The number of aliphatic hydroxyl groups excluding tert-OH is 3. The number of nitrogens with two attached hydrogens (primary N) is 2. The van der Waals surface area contributed by atoms with Crippen molar-refractivity contribution in [2.75, 3.05) is 0 Å². The molecule has 5 atom stereocenters. The number of ketones is 2. The number of benzene rings is 1. The van der Waals surface area contributed by atoms with Gasteiger partial charge in [-0.25, -0.2) is 0 Å². The average Bonchev–Trinajstić information content (AvgIpc) is 2.65. The van der Waals surface area contributed by atoms with Crippen molar-refractivity contribution < 1.29 is 34.8 Å². The fourth-order valence-electron chi connectivity index (χ4n) is 4.62. The highest BCUT2D eigenvalue weighted by atomic mass is 16.4. The van der Waals surface area contributed by atoms with Crippen LogP contribution >= 0.6 is 0 Å². The van der Waals surface area contributed by atoms with Gasteiger partial charge in [-0.1, -0.05) is 24.3 Å². The van der Waals surface area contributed by atoms with Gasteiger partial charge in [0.15, 0.2) is 11.4 Å². The number of rotatable bonds is 1. The molecule has 4 rings (SSSR count). The maximum absolute atomic E-state index is 13.2. The minimum atomic E-state index is -2.86. The normalized spacial score (nSPS) is 34.7. The molecule has 0 bridgehead atoms. The van der Waals surface area contributed by atoms with Crippen LogP contribution in [0.15, 0.2) is 41.2 Å². The molecule has 0 spiro atoms. The van der Waals surface area contributed by atoms with Gasteiger partial charge in [0.05, 0.1) is 18.1 Å². The molecule has 0 heterocycles. The summed E-state index contributed by atoms with van der Waals surface area (Å²) in [5.74, 6) is -7.81. The van der Waals surface area contributed by atoms with Crippen molar-refractivity contribution >= 4 is 23.2 Å². The summed E-state index contributed by atoms with van der Waals surface area (Å²) in [4.78, 5) is 37.2. The van der Waals surface area contributed by atoms with E-state index < -0.39 is 64.1 Å². The Bertz CT molecular complexity index is 1010. The lowest BCUT2D eigenvalue weighted by Crippen LogP contribution is -2.69. The monoisotopic (exact) mass is 386 g/mol. The van der Waals surface area contributed by atoms with E-state index in [0.29, 0.717) is 11.1 Å². The van der Waals surface area contributed by atoms with Gasteiger partial charge in [-0.3, -0.25) is 14.4 Å². The van der Waals surface area contributed by atoms with Crippen LogP contribution in [0, 0.1) is 11.8 Å². The lowest BCUT2D eigenvalue weighted by molar-refractivity contribution is -0.162. The predicted molar refractivity (Wildman–Crippen MR) is 94.5 cm³/mol. The first-order valence-corrected chi connectivity index (χ1v) is 8.62. The van der Waals surface area contributed by atoms with Gasteiger partial charge >= 0.3 is 0 Å². The fraction of sp³-hybridized carbons (Fsp3) is 0.316. The Balaban J connectivity index is 2.00. The molecule has 0 unspecified atom stereocenters. The summed E-state index contributed by atoms with van der Waals surface area (Å²) in [6.45, 7) is 0. The SMILES string of the molecule is NC(=O)C1=C(O)[C@@]2(O)C(=O)C3=C(O)c4ccccc4C[C@H]3[C@H](O)[C@H]2[C@H](N)C1=O. The molecule has 0 radical (unpaired) electrons. The molecule has 0 aromatic heterocycles. The molecule has 9 heteroatoms. The van der Waals surface area contributed by atoms with Crippen LogP contribution in [0.5, 0.6) is 0 Å². The molecule has 1 amide bonds. The summed E-state index contributed by atoms with van der Waals surface area (Å²) in [6.07, 6.45) is -1.40. The van der Waals surface area contributed by atoms with Gasteiger partial charge < -0.3 is 31.9 Å². The number of hydrogen-bond acceptors (Lipinski definition) is 8. The Morgan fingerprint density at radius 3 is 2.46 bits per heavy atom. The lowest BCUT2D eigenvalue weighted by atomic mass is 9.56. The molecular formula is C19H18N2O7. The third-order valence-corrected chi connectivity index (χ3v) is 5.97. The lowest BCUT2D eigenvalue weighted by Gasteiger charge is -2.50. The van der Waals surface area contributed by atoms with Crippen LogP contribution in [0.4, 0.5) is 0 Å². The summed E-state index contributed by atoms with van der Waals surface area (Å²) < 4.78 is 0. The van der Waals surface area contributed by atoms with Crippen LogP contribution in [0.1, 0.15) is 11.1 Å². The van der Waals surface area contributed by atoms with Crippen LogP contribution in [-0.4, -0.2) is 55.6 Å². The van der Waals surface area contributed by atoms with E-state index in [1.54, 1.807) is 24.3 Å². The number of carbonyl (C=O) groups excluding carboxylic acids is 3. The maximum Gasteiger partial charge on any atom is 0.255 e. The van der Waals surface area contributed by atoms with Crippen molar-refractivity contribution in [1.82, 2.24) is 0 Å². The zero-order valence-electron chi connectivity index (χ0n) is 14.5. The van der Waals surface area contributed by atoms with E-state index in [-0.39, 0.29) is 12.0 Å². The number of hydrogen-bond donors (Lipinski definition) is 6. The minimum Gasteiger partial charge on any atom is -0.508 e. The van der Waals surface area contributed by atoms with Crippen LogP contribution in [0.2, 0.25) is 0 Å². The second-order valence-electron chi connectivity index (χ2n) is 7.32. The molecule has 1 aromatic carbocycles. The van der Waals surface area contributed by atoms with E-state index >= 15 is 0 Å². The zero-order chi connectivity index (χ0) is 20.5. The second-order valence-corrected chi connectivity index (χ2v) is 7.32. The summed E-state index contributed by atoms with van der Waals surface area (Å²) in [5, 5.41) is 43.2. The Morgan fingerprint density at radius 2 is 1.82 bits per heavy atom. The molecular weight excluding hydrogens is 368 g/mol. The van der Waals surface area contributed by atoms with E-state index in [2.05, 4.69) is 0 Å². The highest BCUT2D eigenvalue weighted by molar-refractivity contribution is 6.24. The standard InChI is InChI=1S/C19H18N2O7/c20-12-11-14(23)8-5-6-3-1-2-4-7(6)13(22)9(8)16(25)19(11,28)17(26)10(15(12)24)18(21)27/h1-4,8,11-12,14,22-23,26,28H,5,20H2,(H2,21,27)/t8-,11-,12+,14+,19+/m1/s1. The second kappa shape index (κ2) is 5.74. The number of Topliss-reactive ketones (excluding diaryl/α,β-unsaturated/α-hetero) is 2. The number of amides is 1. The molecule has 28 heavy (non-hydrogen) atoms. The highest BCUT2D eigenvalue weighted by Crippen LogP contribution is 2.50. The number of carbonyl (C=O) groups is 3. The van der Waals surface area contributed by atoms with E-state index in [4.69, 9.17) is 11.5 Å². The van der Waals surface area contributed by atoms with Crippen molar-refractivity contribution in [2.24, 2.45) is 23.3 Å². The Hall–Kier alpha value is -3.01. The molecule has 1 fully saturated rings. The molecule has 0 aliphatic heterocycles. The molecule has 3 aliphatic rings. The van der Waals surface area contributed by atoms with Crippen LogP contribution in [-0.2, 0) is 20.8 Å². The Kier molecular flexibility index (Phi) is 3.76. The van der Waals surface area contributed by atoms with Crippen LogP contribution in [0.25, 0.3) is 5.76 Å². The number of fused-ring (bicyclic) bond motifs is 3. The van der Waals surface area contributed by atoms with Crippen molar-refractivity contribution in [3.63, 3.8) is 0 Å². The van der Waals surface area contributed by atoms with Crippen molar-refractivity contribution in [3.8, 4) is 0 Å². The van der Waals surface area contributed by atoms with Gasteiger partial charge in [-0.05, 0) is 12.0 Å². The van der Waals surface area contributed by atoms with Gasteiger partial charge in [0.25, 0.3) is 5.91 Å². The minimum absolute atomic E-state index is 0.156. The highest BCUT2D eigenvalue weighted by Gasteiger charge is 2.66. The van der Waals surface area contributed by atoms with Crippen molar-refractivity contribution in [1.29, 1.82) is 0 Å². The van der Waals surface area contributed by atoms with Gasteiger partial charge in [0.2, 0.25) is 5.78 Å². The third kappa shape index (κ3) is 2.03. The smallest absolute Gasteiger partial charge is 0.255 e. The van der Waals surface area contributed by atoms with Crippen molar-refractivity contribution in [3.05, 3.63) is 52.3 Å². The van der Waals surface area contributed by atoms with E-state index in [0.717, 1.165) is 0 Å². The topological polar surface area (TPSA) is 184 Å². The van der Waals surface area contributed by atoms with E-state index in [9.17, 15) is 34.8 Å². The Morgan fingerprint density at radius 1 is 1.18 bits per heavy atom. The van der Waals surface area contributed by atoms with Crippen LogP contribution in [0.3, 0.4) is 0 Å². The predicted octanol–water partition coefficient (Wildman–Crippen LogP) is -1.37. The zero-order valence-corrected chi connectivity index (χ0v) is 14.5. The summed E-state index contributed by atoms with van der Waals surface area (Å²) in [7, 11) is 0. The maximum atomic E-state index is 13.2. The quantitative estimate of drug-likeness (QED) is 0.319. The molecule has 146 valence electrons.